The van der Waals surface area contributed by atoms with E-state index in [9.17, 15) is 9.59 Å². The van der Waals surface area contributed by atoms with Crippen molar-refractivity contribution in [3.63, 3.8) is 0 Å². The second-order valence-electron chi connectivity index (χ2n) is 4.79. The highest BCUT2D eigenvalue weighted by Crippen LogP contribution is 2.46. The van der Waals surface area contributed by atoms with Crippen molar-refractivity contribution in [2.24, 2.45) is 11.1 Å². The van der Waals surface area contributed by atoms with E-state index in [1.54, 1.807) is 0 Å². The number of hydrogen-bond donors (Lipinski definition) is 3. The molecule has 0 aromatic rings. The molecule has 0 heterocycles. The van der Waals surface area contributed by atoms with Crippen molar-refractivity contribution >= 4 is 29.0 Å². The summed E-state index contributed by atoms with van der Waals surface area (Å²) in [6.45, 7) is 0.349. The van der Waals surface area contributed by atoms with Gasteiger partial charge < -0.3 is 16.4 Å². The van der Waals surface area contributed by atoms with Crippen LogP contribution in [0.1, 0.15) is 32.1 Å². The van der Waals surface area contributed by atoms with Crippen LogP contribution < -0.4 is 16.4 Å². The maximum absolute atomic E-state index is 11.8. The smallest absolute Gasteiger partial charge is 0.233 e. The van der Waals surface area contributed by atoms with Gasteiger partial charge in [0, 0.05) is 19.0 Å². The summed E-state index contributed by atoms with van der Waals surface area (Å²) >= 11 is 4.88. The lowest BCUT2D eigenvalue weighted by Crippen LogP contribution is -2.41. The number of rotatable bonds is 6. The van der Waals surface area contributed by atoms with E-state index in [-0.39, 0.29) is 16.8 Å². The lowest BCUT2D eigenvalue weighted by atomic mass is 10.1. The summed E-state index contributed by atoms with van der Waals surface area (Å²) in [7, 11) is 0. The Morgan fingerprint density at radius 1 is 1.35 bits per heavy atom. The molecule has 2 aliphatic carbocycles. The number of thiocarbonyl (C=S) groups is 1. The Kier molecular flexibility index (Phi) is 3.33. The predicted octanol–water partition coefficient (Wildman–Crippen LogP) is -0.162. The largest absolute Gasteiger partial charge is 0.392 e. The Hall–Kier alpha value is -1.17. The van der Waals surface area contributed by atoms with Gasteiger partial charge in [0.2, 0.25) is 11.8 Å². The van der Waals surface area contributed by atoms with Crippen molar-refractivity contribution in [1.82, 2.24) is 10.6 Å². The Bertz CT molecular complexity index is 362. The fraction of sp³-hybridized carbons (Fsp3) is 0.727. The molecule has 2 saturated carbocycles. The quantitative estimate of drug-likeness (QED) is 0.576. The molecule has 0 atom stereocenters. The second kappa shape index (κ2) is 4.60. The zero-order chi connectivity index (χ0) is 12.5. The van der Waals surface area contributed by atoms with Crippen LogP contribution in [0, 0.1) is 5.41 Å². The van der Waals surface area contributed by atoms with Gasteiger partial charge in [-0.15, -0.1) is 0 Å². The third-order valence-corrected chi connectivity index (χ3v) is 3.63. The Morgan fingerprint density at radius 3 is 2.47 bits per heavy atom. The second-order valence-corrected chi connectivity index (χ2v) is 5.23. The molecule has 2 aliphatic rings. The van der Waals surface area contributed by atoms with Crippen molar-refractivity contribution in [3.8, 4) is 0 Å². The predicted molar refractivity (Wildman–Crippen MR) is 67.2 cm³/mol. The van der Waals surface area contributed by atoms with E-state index in [1.807, 2.05) is 0 Å². The van der Waals surface area contributed by atoms with Gasteiger partial charge in [-0.2, -0.15) is 0 Å². The normalized spacial score (nSPS) is 20.5. The van der Waals surface area contributed by atoms with Crippen LogP contribution in [0.15, 0.2) is 0 Å². The molecule has 94 valence electrons. The summed E-state index contributed by atoms with van der Waals surface area (Å²) in [6.07, 6.45) is 3.91. The summed E-state index contributed by atoms with van der Waals surface area (Å²) in [5.41, 5.74) is 4.91. The third-order valence-electron chi connectivity index (χ3n) is 3.24. The van der Waals surface area contributed by atoms with Crippen molar-refractivity contribution in [3.05, 3.63) is 0 Å². The van der Waals surface area contributed by atoms with Gasteiger partial charge in [-0.3, -0.25) is 9.59 Å². The molecule has 0 aromatic heterocycles. The molecule has 2 fully saturated rings. The van der Waals surface area contributed by atoms with Crippen LogP contribution >= 0.6 is 12.2 Å². The maximum atomic E-state index is 11.8. The lowest BCUT2D eigenvalue weighted by Gasteiger charge is -2.13. The fourth-order valence-electron chi connectivity index (χ4n) is 1.70. The van der Waals surface area contributed by atoms with Crippen LogP contribution in [-0.2, 0) is 9.59 Å². The van der Waals surface area contributed by atoms with E-state index < -0.39 is 5.41 Å². The van der Waals surface area contributed by atoms with Gasteiger partial charge in [-0.1, -0.05) is 12.2 Å². The SMILES string of the molecule is NC(=S)C1(C(=O)NCCC(=O)NC2CC2)CC1. The first-order chi connectivity index (χ1) is 8.04. The Labute approximate surface area is 105 Å². The van der Waals surface area contributed by atoms with Crippen molar-refractivity contribution < 1.29 is 9.59 Å². The Morgan fingerprint density at radius 2 is 2.00 bits per heavy atom. The van der Waals surface area contributed by atoms with Crippen LogP contribution in [0.3, 0.4) is 0 Å². The molecule has 0 aromatic carbocycles. The summed E-state index contributed by atoms with van der Waals surface area (Å²) in [5.74, 6) is -0.141. The minimum atomic E-state index is -0.623. The highest BCUT2D eigenvalue weighted by Gasteiger charge is 2.52. The summed E-state index contributed by atoms with van der Waals surface area (Å²) in [6, 6.07) is 0.365. The van der Waals surface area contributed by atoms with Crippen LogP contribution in [0.4, 0.5) is 0 Å². The summed E-state index contributed by atoms with van der Waals surface area (Å²) in [4.78, 5) is 23.4. The summed E-state index contributed by atoms with van der Waals surface area (Å²) in [5, 5.41) is 5.59. The summed E-state index contributed by atoms with van der Waals surface area (Å²) < 4.78 is 0. The number of carbonyl (C=O) groups is 2. The van der Waals surface area contributed by atoms with Crippen LogP contribution in [0.5, 0.6) is 0 Å². The molecule has 0 bridgehead atoms. The molecule has 4 N–H and O–H groups in total. The highest BCUT2D eigenvalue weighted by molar-refractivity contribution is 7.80. The first-order valence-electron chi connectivity index (χ1n) is 5.92. The lowest BCUT2D eigenvalue weighted by molar-refractivity contribution is -0.124. The minimum absolute atomic E-state index is 0.00651. The molecule has 0 spiro atoms. The number of carbonyl (C=O) groups excluding carboxylic acids is 2. The highest BCUT2D eigenvalue weighted by atomic mass is 32.1. The standard InChI is InChI=1S/C11H17N3O2S/c12-9(17)11(4-5-11)10(16)13-6-3-8(15)14-7-1-2-7/h7H,1-6H2,(H2,12,17)(H,13,16)(H,14,15). The molecule has 2 rings (SSSR count). The fourth-order valence-corrected chi connectivity index (χ4v) is 1.99. The van der Waals surface area contributed by atoms with Gasteiger partial charge in [0.05, 0.1) is 10.4 Å². The molecule has 0 radical (unpaired) electrons. The molecule has 6 heteroatoms. The third kappa shape index (κ3) is 2.94. The van der Waals surface area contributed by atoms with Gasteiger partial charge in [-0.25, -0.2) is 0 Å². The van der Waals surface area contributed by atoms with Gasteiger partial charge >= 0.3 is 0 Å². The number of hydrogen-bond acceptors (Lipinski definition) is 3. The number of nitrogens with two attached hydrogens (primary N) is 1. The van der Waals surface area contributed by atoms with Crippen LogP contribution in [0.2, 0.25) is 0 Å². The first-order valence-corrected chi connectivity index (χ1v) is 6.33. The van der Waals surface area contributed by atoms with Crippen molar-refractivity contribution in [2.45, 2.75) is 38.1 Å². The molecular formula is C11H17N3O2S. The van der Waals surface area contributed by atoms with Gasteiger partial charge in [0.15, 0.2) is 0 Å². The van der Waals surface area contributed by atoms with Crippen LogP contribution in [0.25, 0.3) is 0 Å². The number of nitrogens with one attached hydrogen (secondary N) is 2. The topological polar surface area (TPSA) is 84.2 Å². The van der Waals surface area contributed by atoms with Crippen LogP contribution in [-0.4, -0.2) is 29.4 Å². The van der Waals surface area contributed by atoms with E-state index in [2.05, 4.69) is 10.6 Å². The number of amides is 2. The maximum Gasteiger partial charge on any atom is 0.233 e. The van der Waals surface area contributed by atoms with E-state index >= 15 is 0 Å². The molecule has 0 saturated heterocycles. The average Bonchev–Trinajstić information content (AvgIpc) is 3.12. The van der Waals surface area contributed by atoms with E-state index in [0.717, 1.165) is 25.7 Å². The molecule has 0 unspecified atom stereocenters. The minimum Gasteiger partial charge on any atom is -0.392 e. The average molecular weight is 255 g/mol. The van der Waals surface area contributed by atoms with E-state index in [0.29, 0.717) is 19.0 Å². The van der Waals surface area contributed by atoms with E-state index in [1.165, 1.54) is 0 Å². The molecular weight excluding hydrogens is 238 g/mol. The van der Waals surface area contributed by atoms with E-state index in [4.69, 9.17) is 18.0 Å². The molecule has 0 aliphatic heterocycles. The van der Waals surface area contributed by atoms with Gasteiger partial charge in [0.1, 0.15) is 0 Å². The molecule has 17 heavy (non-hydrogen) atoms. The van der Waals surface area contributed by atoms with Crippen molar-refractivity contribution in [2.75, 3.05) is 6.54 Å². The van der Waals surface area contributed by atoms with Gasteiger partial charge in [0.25, 0.3) is 0 Å². The van der Waals surface area contributed by atoms with Gasteiger partial charge in [-0.05, 0) is 25.7 Å². The molecule has 2 amide bonds. The molecule has 5 nitrogen and oxygen atoms in total. The van der Waals surface area contributed by atoms with Crippen molar-refractivity contribution in [1.29, 1.82) is 0 Å². The first kappa shape index (κ1) is 12.3. The Balaban J connectivity index is 1.66. The zero-order valence-electron chi connectivity index (χ0n) is 9.62. The zero-order valence-corrected chi connectivity index (χ0v) is 10.4. The monoisotopic (exact) mass is 255 g/mol.